The molecule has 0 aromatic carbocycles. The molecule has 158 valence electrons. The largest absolute Gasteiger partial charge is 0.322 e. The van der Waals surface area contributed by atoms with Crippen molar-refractivity contribution in [3.05, 3.63) is 0 Å². The van der Waals surface area contributed by atoms with Crippen molar-refractivity contribution in [2.75, 3.05) is 6.54 Å². The second kappa shape index (κ2) is 7.62. The summed E-state index contributed by atoms with van der Waals surface area (Å²) in [5.74, 6) is 17.7. The van der Waals surface area contributed by atoms with Crippen LogP contribution in [-0.2, 0) is 4.79 Å². The molecule has 4 rings (SSSR count). The summed E-state index contributed by atoms with van der Waals surface area (Å²) in [6.07, 6.45) is 12.0. The second-order valence-electron chi connectivity index (χ2n) is 10.8. The Morgan fingerprint density at radius 1 is 1.07 bits per heavy atom. The molecule has 0 saturated heterocycles. The number of amidine groups is 1. The Bertz CT molecular complexity index is 634. The SMILES string of the molecule is C/C(=N/N)N(N)CC(=O)C1CCC2C3CCC4CC(C)CCC4C3CCC12C. The number of fused-ring (bicyclic) bond motifs is 5. The molecule has 0 amide bonds. The van der Waals surface area contributed by atoms with Gasteiger partial charge in [0.15, 0.2) is 5.78 Å². The van der Waals surface area contributed by atoms with Crippen LogP contribution < -0.4 is 11.7 Å². The van der Waals surface area contributed by atoms with Crippen molar-refractivity contribution in [2.45, 2.75) is 78.6 Å². The molecule has 0 aromatic rings. The summed E-state index contributed by atoms with van der Waals surface area (Å²) in [6, 6.07) is 0. The third-order valence-corrected chi connectivity index (χ3v) is 9.53. The van der Waals surface area contributed by atoms with Gasteiger partial charge in [0.05, 0.1) is 6.54 Å². The summed E-state index contributed by atoms with van der Waals surface area (Å²) in [4.78, 5) is 13.1. The third kappa shape index (κ3) is 3.28. The van der Waals surface area contributed by atoms with E-state index in [1.165, 1.54) is 56.4 Å². The molecule has 0 bridgehead atoms. The second-order valence-corrected chi connectivity index (χ2v) is 10.8. The molecular weight excluding hydrogens is 348 g/mol. The van der Waals surface area contributed by atoms with E-state index >= 15 is 0 Å². The monoisotopic (exact) mass is 388 g/mol. The Hall–Kier alpha value is -1.10. The third-order valence-electron chi connectivity index (χ3n) is 9.53. The predicted octanol–water partition coefficient (Wildman–Crippen LogP) is 3.93. The molecule has 28 heavy (non-hydrogen) atoms. The van der Waals surface area contributed by atoms with Gasteiger partial charge in [-0.05, 0) is 99.2 Å². The minimum absolute atomic E-state index is 0.152. The lowest BCUT2D eigenvalue weighted by Gasteiger charge is -2.56. The molecule has 0 heterocycles. The van der Waals surface area contributed by atoms with E-state index in [0.717, 1.165) is 41.9 Å². The average Bonchev–Trinajstić information content (AvgIpc) is 3.04. The van der Waals surface area contributed by atoms with Gasteiger partial charge in [0.1, 0.15) is 5.84 Å². The van der Waals surface area contributed by atoms with E-state index < -0.39 is 0 Å². The highest BCUT2D eigenvalue weighted by Crippen LogP contribution is 2.64. The van der Waals surface area contributed by atoms with Crippen LogP contribution in [0.25, 0.3) is 0 Å². The van der Waals surface area contributed by atoms with Crippen LogP contribution in [0.15, 0.2) is 5.10 Å². The van der Waals surface area contributed by atoms with Crippen LogP contribution in [0.4, 0.5) is 0 Å². The number of Topliss-reactive ketones (excluding diaryl/α,β-unsaturated/α-hetero) is 1. The van der Waals surface area contributed by atoms with Crippen LogP contribution in [0.3, 0.4) is 0 Å². The number of carbonyl (C=O) groups is 1. The molecule has 5 heteroatoms. The van der Waals surface area contributed by atoms with Crippen molar-refractivity contribution in [3.8, 4) is 0 Å². The van der Waals surface area contributed by atoms with Gasteiger partial charge < -0.3 is 5.84 Å². The molecule has 0 aromatic heterocycles. The van der Waals surface area contributed by atoms with Gasteiger partial charge in [0.25, 0.3) is 0 Å². The molecule has 0 radical (unpaired) electrons. The van der Waals surface area contributed by atoms with E-state index in [4.69, 9.17) is 11.7 Å². The minimum Gasteiger partial charge on any atom is -0.322 e. The maximum Gasteiger partial charge on any atom is 0.157 e. The number of ketones is 1. The number of hydrogen-bond donors (Lipinski definition) is 2. The minimum atomic E-state index is 0.152. The molecular formula is C23H40N4O. The molecule has 0 aliphatic heterocycles. The zero-order chi connectivity index (χ0) is 20.1. The first-order valence-electron chi connectivity index (χ1n) is 11.6. The molecule has 8 atom stereocenters. The van der Waals surface area contributed by atoms with Crippen LogP contribution >= 0.6 is 0 Å². The zero-order valence-corrected chi connectivity index (χ0v) is 18.1. The number of nitrogens with zero attached hydrogens (tertiary/aromatic N) is 2. The Kier molecular flexibility index (Phi) is 5.49. The average molecular weight is 389 g/mol. The fourth-order valence-electron chi connectivity index (χ4n) is 8.08. The van der Waals surface area contributed by atoms with Crippen LogP contribution in [0.2, 0.25) is 0 Å². The highest BCUT2D eigenvalue weighted by Gasteiger charge is 2.58. The van der Waals surface area contributed by atoms with Gasteiger partial charge in [-0.1, -0.05) is 20.3 Å². The van der Waals surface area contributed by atoms with Crippen LogP contribution in [-0.4, -0.2) is 23.2 Å². The number of rotatable bonds is 3. The first-order chi connectivity index (χ1) is 13.3. The van der Waals surface area contributed by atoms with Crippen molar-refractivity contribution in [1.82, 2.24) is 5.01 Å². The molecule has 8 unspecified atom stereocenters. The van der Waals surface area contributed by atoms with Gasteiger partial charge in [0.2, 0.25) is 0 Å². The lowest BCUT2D eigenvalue weighted by Crippen LogP contribution is -2.50. The smallest absolute Gasteiger partial charge is 0.157 e. The topological polar surface area (TPSA) is 84.7 Å². The van der Waals surface area contributed by atoms with Crippen LogP contribution in [0, 0.1) is 46.8 Å². The number of hydrazine groups is 1. The van der Waals surface area contributed by atoms with Gasteiger partial charge in [-0.2, -0.15) is 5.10 Å². The molecule has 5 nitrogen and oxygen atoms in total. The predicted molar refractivity (Wildman–Crippen MR) is 113 cm³/mol. The van der Waals surface area contributed by atoms with Crippen molar-refractivity contribution < 1.29 is 4.79 Å². The van der Waals surface area contributed by atoms with Gasteiger partial charge in [-0.25, -0.2) is 5.84 Å². The maximum atomic E-state index is 13.1. The lowest BCUT2D eigenvalue weighted by atomic mass is 9.49. The van der Waals surface area contributed by atoms with Gasteiger partial charge >= 0.3 is 0 Å². The zero-order valence-electron chi connectivity index (χ0n) is 18.1. The van der Waals surface area contributed by atoms with Gasteiger partial charge in [-0.3, -0.25) is 9.80 Å². The van der Waals surface area contributed by atoms with E-state index in [-0.39, 0.29) is 23.7 Å². The molecule has 4 aliphatic rings. The molecule has 0 spiro atoms. The van der Waals surface area contributed by atoms with Crippen LogP contribution in [0.5, 0.6) is 0 Å². The number of carbonyl (C=O) groups excluding carboxylic acids is 1. The van der Waals surface area contributed by atoms with E-state index in [2.05, 4.69) is 18.9 Å². The van der Waals surface area contributed by atoms with Gasteiger partial charge in [0, 0.05) is 5.92 Å². The first-order valence-corrected chi connectivity index (χ1v) is 11.6. The van der Waals surface area contributed by atoms with Crippen LogP contribution in [0.1, 0.15) is 78.6 Å². The summed E-state index contributed by atoms with van der Waals surface area (Å²) in [6.45, 7) is 6.85. The van der Waals surface area contributed by atoms with Crippen molar-refractivity contribution in [1.29, 1.82) is 0 Å². The van der Waals surface area contributed by atoms with E-state index in [0.29, 0.717) is 5.84 Å². The van der Waals surface area contributed by atoms with Crippen molar-refractivity contribution >= 4 is 11.6 Å². The lowest BCUT2D eigenvalue weighted by molar-refractivity contribution is -0.130. The van der Waals surface area contributed by atoms with E-state index in [9.17, 15) is 4.79 Å². The normalized spacial score (nSPS) is 45.7. The number of nitrogens with two attached hydrogens (primary N) is 2. The van der Waals surface area contributed by atoms with E-state index in [1.54, 1.807) is 6.92 Å². The summed E-state index contributed by atoms with van der Waals surface area (Å²) in [5, 5.41) is 5.05. The first kappa shape index (κ1) is 20.2. The Morgan fingerprint density at radius 3 is 2.57 bits per heavy atom. The summed E-state index contributed by atoms with van der Waals surface area (Å²) in [5.41, 5.74) is 0.168. The number of hydrazone groups is 1. The van der Waals surface area contributed by atoms with Crippen molar-refractivity contribution in [3.63, 3.8) is 0 Å². The highest BCUT2D eigenvalue weighted by molar-refractivity contribution is 5.89. The maximum absolute atomic E-state index is 13.1. The summed E-state index contributed by atoms with van der Waals surface area (Å²) in [7, 11) is 0. The highest BCUT2D eigenvalue weighted by atomic mass is 16.1. The van der Waals surface area contributed by atoms with E-state index in [1.807, 2.05) is 0 Å². The Balaban J connectivity index is 1.47. The molecule has 4 saturated carbocycles. The van der Waals surface area contributed by atoms with Crippen molar-refractivity contribution in [2.24, 2.45) is 63.6 Å². The molecule has 4 fully saturated rings. The fraction of sp³-hybridized carbons (Fsp3) is 0.913. The summed E-state index contributed by atoms with van der Waals surface area (Å²) < 4.78 is 0. The number of hydrogen-bond acceptors (Lipinski definition) is 4. The van der Waals surface area contributed by atoms with Gasteiger partial charge in [-0.15, -0.1) is 0 Å². The molecule has 4 aliphatic carbocycles. The Labute approximate surface area is 170 Å². The standard InChI is InChI=1S/C23H40N4O/c1-14-4-6-17-16(12-14)5-7-19-18(17)10-11-23(3)20(19)8-9-21(23)22(28)13-27(25)15(2)26-24/h14,16-21H,4-13,24-25H2,1-3H3/b26-15-. The fourth-order valence-corrected chi connectivity index (χ4v) is 8.08. The Morgan fingerprint density at radius 2 is 1.82 bits per heavy atom. The molecule has 4 N–H and O–H groups in total. The quantitative estimate of drug-likeness (QED) is 0.332. The summed E-state index contributed by atoms with van der Waals surface area (Å²) >= 11 is 0.